The number of halogens is 2. The zero-order chi connectivity index (χ0) is 13.4. The van der Waals surface area contributed by atoms with E-state index < -0.39 is 11.6 Å². The van der Waals surface area contributed by atoms with Gasteiger partial charge in [0.2, 0.25) is 0 Å². The summed E-state index contributed by atoms with van der Waals surface area (Å²) < 4.78 is 27.1. The lowest BCUT2D eigenvalue weighted by atomic mass is 10.0. The number of benzene rings is 1. The molecule has 0 saturated heterocycles. The van der Waals surface area contributed by atoms with Gasteiger partial charge in [-0.05, 0) is 44.4 Å². The van der Waals surface area contributed by atoms with Crippen LogP contribution in [0.3, 0.4) is 0 Å². The quantitative estimate of drug-likeness (QED) is 0.694. The maximum absolute atomic E-state index is 13.6. The molecular formula is C15H21F2N. The van der Waals surface area contributed by atoms with Gasteiger partial charge in [0.25, 0.3) is 0 Å². The van der Waals surface area contributed by atoms with Crippen molar-refractivity contribution in [1.29, 1.82) is 0 Å². The molecule has 0 aliphatic heterocycles. The third kappa shape index (κ3) is 4.57. The van der Waals surface area contributed by atoms with Gasteiger partial charge in [-0.25, -0.2) is 8.78 Å². The van der Waals surface area contributed by atoms with E-state index in [1.54, 1.807) is 0 Å². The van der Waals surface area contributed by atoms with Gasteiger partial charge in [-0.1, -0.05) is 19.1 Å². The summed E-state index contributed by atoms with van der Waals surface area (Å²) >= 11 is 0. The second-order valence-corrected chi connectivity index (χ2v) is 4.42. The number of hydrogen-bond donors (Lipinski definition) is 1. The van der Waals surface area contributed by atoms with E-state index in [0.29, 0.717) is 6.42 Å². The molecule has 1 rings (SSSR count). The predicted molar refractivity (Wildman–Crippen MR) is 71.6 cm³/mol. The first-order chi connectivity index (χ1) is 8.69. The van der Waals surface area contributed by atoms with E-state index in [-0.39, 0.29) is 11.6 Å². The molecule has 3 heteroatoms. The van der Waals surface area contributed by atoms with Crippen LogP contribution in [0, 0.1) is 11.6 Å². The standard InChI is InChI=1S/C15H21F2N/c1-3-5-7-12(18-10-4-2)11-13-14(16)8-6-9-15(13)17/h3,6,8-9,12,18H,1,4-5,7,10-11H2,2H3. The molecule has 1 nitrogen and oxygen atoms in total. The van der Waals surface area contributed by atoms with Crippen molar-refractivity contribution in [2.45, 2.75) is 38.6 Å². The van der Waals surface area contributed by atoms with Crippen molar-refractivity contribution in [3.05, 3.63) is 48.1 Å². The largest absolute Gasteiger partial charge is 0.314 e. The van der Waals surface area contributed by atoms with Crippen molar-refractivity contribution in [2.75, 3.05) is 6.54 Å². The lowest BCUT2D eigenvalue weighted by molar-refractivity contribution is 0.457. The van der Waals surface area contributed by atoms with Crippen LogP contribution < -0.4 is 5.32 Å². The van der Waals surface area contributed by atoms with Gasteiger partial charge in [-0.15, -0.1) is 6.58 Å². The molecule has 100 valence electrons. The van der Waals surface area contributed by atoms with E-state index in [1.807, 2.05) is 6.08 Å². The van der Waals surface area contributed by atoms with E-state index in [0.717, 1.165) is 25.8 Å². The molecule has 18 heavy (non-hydrogen) atoms. The Kier molecular flexibility index (Phi) is 6.58. The van der Waals surface area contributed by atoms with Gasteiger partial charge in [-0.3, -0.25) is 0 Å². The normalized spacial score (nSPS) is 12.4. The lowest BCUT2D eigenvalue weighted by Crippen LogP contribution is -2.32. The summed E-state index contributed by atoms with van der Waals surface area (Å²) in [6.45, 7) is 6.61. The van der Waals surface area contributed by atoms with Gasteiger partial charge in [0.1, 0.15) is 11.6 Å². The zero-order valence-electron chi connectivity index (χ0n) is 10.9. The highest BCUT2D eigenvalue weighted by Gasteiger charge is 2.14. The summed E-state index contributed by atoms with van der Waals surface area (Å²) in [5.41, 5.74) is 0.176. The SMILES string of the molecule is C=CCCC(Cc1c(F)cccc1F)NCCC. The van der Waals surface area contributed by atoms with Crippen LogP contribution in [0.1, 0.15) is 31.7 Å². The maximum Gasteiger partial charge on any atom is 0.129 e. The summed E-state index contributed by atoms with van der Waals surface area (Å²) in [7, 11) is 0. The molecule has 0 amide bonds. The van der Waals surface area contributed by atoms with Crippen LogP contribution in [0.15, 0.2) is 30.9 Å². The lowest BCUT2D eigenvalue weighted by Gasteiger charge is -2.18. The Morgan fingerprint density at radius 3 is 2.56 bits per heavy atom. The molecule has 0 radical (unpaired) electrons. The fraction of sp³-hybridized carbons (Fsp3) is 0.467. The van der Waals surface area contributed by atoms with E-state index in [4.69, 9.17) is 0 Å². The summed E-state index contributed by atoms with van der Waals surface area (Å²) in [6, 6.07) is 4.10. The molecule has 0 spiro atoms. The minimum absolute atomic E-state index is 0.0920. The highest BCUT2D eigenvalue weighted by molar-refractivity contribution is 5.20. The Bertz CT molecular complexity index is 357. The number of hydrogen-bond acceptors (Lipinski definition) is 1. The topological polar surface area (TPSA) is 12.0 Å². The van der Waals surface area contributed by atoms with Gasteiger partial charge in [0.05, 0.1) is 0 Å². The third-order valence-electron chi connectivity index (χ3n) is 2.91. The monoisotopic (exact) mass is 253 g/mol. The van der Waals surface area contributed by atoms with E-state index in [2.05, 4.69) is 18.8 Å². The van der Waals surface area contributed by atoms with Crippen molar-refractivity contribution in [3.8, 4) is 0 Å². The number of allylic oxidation sites excluding steroid dienone is 1. The molecule has 1 aromatic carbocycles. The van der Waals surface area contributed by atoms with Crippen LogP contribution in [0.4, 0.5) is 8.78 Å². The molecule has 1 aromatic rings. The van der Waals surface area contributed by atoms with Crippen LogP contribution in [-0.2, 0) is 6.42 Å². The fourth-order valence-corrected chi connectivity index (χ4v) is 1.92. The highest BCUT2D eigenvalue weighted by atomic mass is 19.1. The molecule has 0 aliphatic rings. The van der Waals surface area contributed by atoms with Crippen LogP contribution in [0.5, 0.6) is 0 Å². The van der Waals surface area contributed by atoms with Gasteiger partial charge in [-0.2, -0.15) is 0 Å². The molecular weight excluding hydrogens is 232 g/mol. The van der Waals surface area contributed by atoms with Crippen molar-refractivity contribution in [2.24, 2.45) is 0 Å². The average molecular weight is 253 g/mol. The maximum atomic E-state index is 13.6. The number of rotatable bonds is 8. The summed E-state index contributed by atoms with van der Waals surface area (Å²) in [5, 5.41) is 3.33. The molecule has 0 bridgehead atoms. The molecule has 0 saturated carbocycles. The van der Waals surface area contributed by atoms with Crippen molar-refractivity contribution < 1.29 is 8.78 Å². The molecule has 1 unspecified atom stereocenters. The van der Waals surface area contributed by atoms with E-state index in [9.17, 15) is 8.78 Å². The Labute approximate surface area is 108 Å². The smallest absolute Gasteiger partial charge is 0.129 e. The first-order valence-electron chi connectivity index (χ1n) is 6.46. The van der Waals surface area contributed by atoms with Crippen LogP contribution in [-0.4, -0.2) is 12.6 Å². The zero-order valence-corrected chi connectivity index (χ0v) is 10.9. The molecule has 0 fully saturated rings. The summed E-state index contributed by atoms with van der Waals surface area (Å²) in [5.74, 6) is -0.922. The van der Waals surface area contributed by atoms with Crippen LogP contribution >= 0.6 is 0 Å². The molecule has 0 heterocycles. The Morgan fingerprint density at radius 2 is 2.00 bits per heavy atom. The molecule has 1 atom stereocenters. The Hall–Kier alpha value is -1.22. The van der Waals surface area contributed by atoms with Gasteiger partial charge < -0.3 is 5.32 Å². The summed E-state index contributed by atoms with van der Waals surface area (Å²) in [4.78, 5) is 0. The van der Waals surface area contributed by atoms with Crippen molar-refractivity contribution >= 4 is 0 Å². The summed E-state index contributed by atoms with van der Waals surface area (Å²) in [6.07, 6.45) is 4.91. The van der Waals surface area contributed by atoms with E-state index >= 15 is 0 Å². The van der Waals surface area contributed by atoms with Crippen molar-refractivity contribution in [1.82, 2.24) is 5.32 Å². The second-order valence-electron chi connectivity index (χ2n) is 4.42. The van der Waals surface area contributed by atoms with E-state index in [1.165, 1.54) is 18.2 Å². The van der Waals surface area contributed by atoms with Crippen LogP contribution in [0.25, 0.3) is 0 Å². The molecule has 1 N–H and O–H groups in total. The fourth-order valence-electron chi connectivity index (χ4n) is 1.92. The van der Waals surface area contributed by atoms with Crippen LogP contribution in [0.2, 0.25) is 0 Å². The Balaban J connectivity index is 2.71. The van der Waals surface area contributed by atoms with Gasteiger partial charge in [0, 0.05) is 11.6 Å². The highest BCUT2D eigenvalue weighted by Crippen LogP contribution is 2.16. The first-order valence-corrected chi connectivity index (χ1v) is 6.46. The second kappa shape index (κ2) is 7.98. The van der Waals surface area contributed by atoms with Crippen molar-refractivity contribution in [3.63, 3.8) is 0 Å². The van der Waals surface area contributed by atoms with Gasteiger partial charge in [0.15, 0.2) is 0 Å². The minimum Gasteiger partial charge on any atom is -0.314 e. The Morgan fingerprint density at radius 1 is 1.33 bits per heavy atom. The molecule has 0 aliphatic carbocycles. The first kappa shape index (κ1) is 14.8. The third-order valence-corrected chi connectivity index (χ3v) is 2.91. The average Bonchev–Trinajstić information content (AvgIpc) is 2.36. The molecule has 0 aromatic heterocycles. The van der Waals surface area contributed by atoms with Gasteiger partial charge >= 0.3 is 0 Å². The number of nitrogens with one attached hydrogen (secondary N) is 1. The minimum atomic E-state index is -0.461. The predicted octanol–water partition coefficient (Wildman–Crippen LogP) is 3.84.